The predicted octanol–water partition coefficient (Wildman–Crippen LogP) is 1.96. The number of amides is 2. The number of rotatable bonds is 3. The number of carbonyl (C=O) groups is 1. The normalized spacial score (nSPS) is 12.6. The Balaban J connectivity index is 3.34. The molecule has 20 heavy (non-hydrogen) atoms. The number of primary amides is 1. The molecule has 5 nitrogen and oxygen atoms in total. The van der Waals surface area contributed by atoms with E-state index in [4.69, 9.17) is 5.73 Å². The summed E-state index contributed by atoms with van der Waals surface area (Å²) in [6.45, 7) is 0. The lowest BCUT2D eigenvalue weighted by atomic mass is 10.2. The van der Waals surface area contributed by atoms with Gasteiger partial charge < -0.3 is 5.73 Å². The van der Waals surface area contributed by atoms with Crippen molar-refractivity contribution in [1.82, 2.24) is 4.31 Å². The van der Waals surface area contributed by atoms with Gasteiger partial charge in [0.1, 0.15) is 0 Å². The standard InChI is InChI=1S/C11H11F3N2O3S/c1-16(10(15)17)20(18,19)9-5-3-2-4-8(9)6-7-11(12,13)14/h2-7H,1H3,(H2,15,17). The third kappa shape index (κ3) is 3.73. The first-order chi connectivity index (χ1) is 9.05. The summed E-state index contributed by atoms with van der Waals surface area (Å²) in [5.41, 5.74) is 4.67. The fourth-order valence-electron chi connectivity index (χ4n) is 1.30. The van der Waals surface area contributed by atoms with Crippen molar-refractivity contribution in [3.05, 3.63) is 35.9 Å². The van der Waals surface area contributed by atoms with Crippen LogP contribution < -0.4 is 5.73 Å². The lowest BCUT2D eigenvalue weighted by Crippen LogP contribution is -2.37. The van der Waals surface area contributed by atoms with Crippen LogP contribution >= 0.6 is 0 Å². The van der Waals surface area contributed by atoms with Gasteiger partial charge >= 0.3 is 12.2 Å². The molecular weight excluding hydrogens is 297 g/mol. The Bertz CT molecular complexity index is 639. The number of nitrogens with two attached hydrogens (primary N) is 1. The Labute approximate surface area is 113 Å². The summed E-state index contributed by atoms with van der Waals surface area (Å²) in [5, 5.41) is 0. The second-order valence-electron chi connectivity index (χ2n) is 3.72. The van der Waals surface area contributed by atoms with Crippen molar-refractivity contribution in [1.29, 1.82) is 0 Å². The molecule has 0 fully saturated rings. The zero-order valence-electron chi connectivity index (χ0n) is 10.3. The SMILES string of the molecule is CN(C(N)=O)S(=O)(=O)c1ccccc1C=CC(F)(F)F. The predicted molar refractivity (Wildman–Crippen MR) is 66.1 cm³/mol. The van der Waals surface area contributed by atoms with Gasteiger partial charge in [-0.1, -0.05) is 18.2 Å². The summed E-state index contributed by atoms with van der Waals surface area (Å²) < 4.78 is 60.7. The van der Waals surface area contributed by atoms with E-state index in [0.29, 0.717) is 6.08 Å². The van der Waals surface area contributed by atoms with Crippen molar-refractivity contribution in [2.45, 2.75) is 11.1 Å². The molecule has 0 aliphatic rings. The Morgan fingerprint density at radius 1 is 1.30 bits per heavy atom. The number of carbonyl (C=O) groups excluding carboxylic acids is 1. The fraction of sp³-hybridized carbons (Fsp3) is 0.182. The first-order valence-electron chi connectivity index (χ1n) is 5.19. The van der Waals surface area contributed by atoms with E-state index in [1.54, 1.807) is 0 Å². The van der Waals surface area contributed by atoms with Gasteiger partial charge in [-0.15, -0.1) is 0 Å². The Morgan fingerprint density at radius 2 is 1.85 bits per heavy atom. The topological polar surface area (TPSA) is 80.5 Å². The highest BCUT2D eigenvalue weighted by atomic mass is 32.2. The molecule has 0 saturated carbocycles. The number of hydrogen-bond acceptors (Lipinski definition) is 3. The summed E-state index contributed by atoms with van der Waals surface area (Å²) in [5.74, 6) is 0. The summed E-state index contributed by atoms with van der Waals surface area (Å²) in [4.78, 5) is 10.5. The van der Waals surface area contributed by atoms with Crippen LogP contribution in [0.4, 0.5) is 18.0 Å². The van der Waals surface area contributed by atoms with Crippen LogP contribution in [0.3, 0.4) is 0 Å². The average molecular weight is 308 g/mol. The molecule has 0 aliphatic carbocycles. The molecule has 0 unspecified atom stereocenters. The van der Waals surface area contributed by atoms with Gasteiger partial charge in [0, 0.05) is 13.1 Å². The molecule has 1 aromatic rings. The van der Waals surface area contributed by atoms with Gasteiger partial charge in [0.2, 0.25) is 0 Å². The summed E-state index contributed by atoms with van der Waals surface area (Å²) in [7, 11) is -3.38. The van der Waals surface area contributed by atoms with Crippen molar-refractivity contribution in [3.8, 4) is 0 Å². The van der Waals surface area contributed by atoms with Gasteiger partial charge in [-0.3, -0.25) is 0 Å². The lowest BCUT2D eigenvalue weighted by molar-refractivity contribution is -0.0790. The van der Waals surface area contributed by atoms with E-state index in [1.807, 2.05) is 0 Å². The number of allylic oxidation sites excluding steroid dienone is 1. The molecule has 1 aromatic carbocycles. The molecule has 0 radical (unpaired) electrons. The van der Waals surface area contributed by atoms with Gasteiger partial charge in [-0.25, -0.2) is 17.5 Å². The zero-order valence-corrected chi connectivity index (χ0v) is 11.1. The molecule has 1 rings (SSSR count). The second-order valence-corrected chi connectivity index (χ2v) is 5.66. The van der Waals surface area contributed by atoms with Gasteiger partial charge in [0.25, 0.3) is 10.0 Å². The van der Waals surface area contributed by atoms with Crippen LogP contribution in [0.1, 0.15) is 5.56 Å². The first-order valence-corrected chi connectivity index (χ1v) is 6.63. The molecule has 0 aromatic heterocycles. The number of hydrogen-bond donors (Lipinski definition) is 1. The van der Waals surface area contributed by atoms with Crippen molar-refractivity contribution in [3.63, 3.8) is 0 Å². The van der Waals surface area contributed by atoms with Crippen molar-refractivity contribution in [2.24, 2.45) is 5.73 Å². The number of benzene rings is 1. The van der Waals surface area contributed by atoms with Crippen LogP contribution in [0.25, 0.3) is 6.08 Å². The van der Waals surface area contributed by atoms with Gasteiger partial charge in [-0.05, 0) is 17.7 Å². The molecular formula is C11H11F3N2O3S. The van der Waals surface area contributed by atoms with E-state index in [1.165, 1.54) is 18.2 Å². The molecule has 2 N–H and O–H groups in total. The van der Waals surface area contributed by atoms with E-state index in [0.717, 1.165) is 13.1 Å². The number of halogens is 3. The molecule has 0 heterocycles. The largest absolute Gasteiger partial charge is 0.409 e. The quantitative estimate of drug-likeness (QED) is 0.927. The summed E-state index contributed by atoms with van der Waals surface area (Å²) in [6, 6.07) is 3.74. The van der Waals surface area contributed by atoms with Crippen LogP contribution in [0, 0.1) is 0 Å². The third-order valence-electron chi connectivity index (χ3n) is 2.32. The number of urea groups is 1. The number of sulfonamides is 1. The zero-order chi connectivity index (χ0) is 15.6. The number of alkyl halides is 3. The maximum Gasteiger partial charge on any atom is 0.409 e. The Hall–Kier alpha value is -2.03. The maximum absolute atomic E-state index is 12.1. The van der Waals surface area contributed by atoms with Gasteiger partial charge in [0.05, 0.1) is 4.90 Å². The minimum Gasteiger partial charge on any atom is -0.351 e. The average Bonchev–Trinajstić information content (AvgIpc) is 2.34. The molecule has 9 heteroatoms. The van der Waals surface area contributed by atoms with Crippen LogP contribution in [0.15, 0.2) is 35.2 Å². The molecule has 0 aliphatic heterocycles. The first kappa shape index (κ1) is 16.0. The van der Waals surface area contributed by atoms with E-state index >= 15 is 0 Å². The molecule has 0 atom stereocenters. The lowest BCUT2D eigenvalue weighted by Gasteiger charge is -2.16. The minimum atomic E-state index is -4.58. The maximum atomic E-state index is 12.1. The van der Waals surface area contributed by atoms with Crippen molar-refractivity contribution >= 4 is 22.1 Å². The molecule has 0 saturated heterocycles. The minimum absolute atomic E-state index is 0.0916. The Morgan fingerprint density at radius 3 is 2.35 bits per heavy atom. The highest BCUT2D eigenvalue weighted by Crippen LogP contribution is 2.23. The van der Waals surface area contributed by atoms with Crippen molar-refractivity contribution in [2.75, 3.05) is 7.05 Å². The molecule has 2 amide bonds. The van der Waals surface area contributed by atoms with Crippen LogP contribution in [0.2, 0.25) is 0 Å². The summed E-state index contributed by atoms with van der Waals surface area (Å²) >= 11 is 0. The smallest absolute Gasteiger partial charge is 0.351 e. The van der Waals surface area contributed by atoms with E-state index in [9.17, 15) is 26.4 Å². The third-order valence-corrected chi connectivity index (χ3v) is 4.15. The highest BCUT2D eigenvalue weighted by Gasteiger charge is 2.27. The molecule has 110 valence electrons. The van der Waals surface area contributed by atoms with E-state index in [2.05, 4.69) is 0 Å². The van der Waals surface area contributed by atoms with E-state index in [-0.39, 0.29) is 15.9 Å². The van der Waals surface area contributed by atoms with Crippen molar-refractivity contribution < 1.29 is 26.4 Å². The van der Waals surface area contributed by atoms with Crippen LogP contribution in [0.5, 0.6) is 0 Å². The molecule has 0 bridgehead atoms. The molecule has 0 spiro atoms. The monoisotopic (exact) mass is 308 g/mol. The Kier molecular flexibility index (Phi) is 4.43. The second kappa shape index (κ2) is 5.53. The van der Waals surface area contributed by atoms with Gasteiger partial charge in [0.15, 0.2) is 0 Å². The van der Waals surface area contributed by atoms with E-state index < -0.39 is 27.1 Å². The highest BCUT2D eigenvalue weighted by molar-refractivity contribution is 7.89. The summed E-state index contributed by atoms with van der Waals surface area (Å²) in [6.07, 6.45) is -4.06. The fourth-order valence-corrected chi connectivity index (χ4v) is 2.52. The van der Waals surface area contributed by atoms with Gasteiger partial charge in [-0.2, -0.15) is 13.2 Å². The van der Waals surface area contributed by atoms with Crippen LogP contribution in [-0.2, 0) is 10.0 Å². The number of nitrogens with zero attached hydrogens (tertiary/aromatic N) is 1. The van der Waals surface area contributed by atoms with Crippen LogP contribution in [-0.4, -0.2) is 32.0 Å².